The molecule has 1 nitrogen and oxygen atoms in total. The molecule has 2 aromatic carbocycles. The molecule has 100 valence electrons. The molecule has 0 bridgehead atoms. The van der Waals surface area contributed by atoms with Gasteiger partial charge in [0.1, 0.15) is 0 Å². The van der Waals surface area contributed by atoms with Crippen LogP contribution in [0.1, 0.15) is 27.2 Å². The first kappa shape index (κ1) is 13.7. The highest BCUT2D eigenvalue weighted by atomic mass is 14.9. The van der Waals surface area contributed by atoms with Gasteiger partial charge in [-0.1, -0.05) is 68.8 Å². The van der Waals surface area contributed by atoms with Crippen LogP contribution >= 0.6 is 0 Å². The lowest BCUT2D eigenvalue weighted by atomic mass is 9.98. The summed E-state index contributed by atoms with van der Waals surface area (Å²) in [5.74, 6) is 0.670. The summed E-state index contributed by atoms with van der Waals surface area (Å²) in [6, 6.07) is 19.6. The number of anilines is 1. The van der Waals surface area contributed by atoms with Crippen LogP contribution in [-0.4, -0.2) is 6.04 Å². The van der Waals surface area contributed by atoms with E-state index < -0.39 is 0 Å². The standard InChI is InChI=1S/C18H23N/c1-4-14(2)15(3)19-18-13-9-8-12-17(18)16-10-6-5-7-11-16/h5-15,19H,4H2,1-3H3. The molecule has 2 atom stereocenters. The van der Waals surface area contributed by atoms with E-state index >= 15 is 0 Å². The summed E-state index contributed by atoms with van der Waals surface area (Å²) in [6.45, 7) is 6.80. The molecule has 0 saturated carbocycles. The third-order valence-corrected chi connectivity index (χ3v) is 3.89. The van der Waals surface area contributed by atoms with Crippen LogP contribution in [0.15, 0.2) is 54.6 Å². The zero-order valence-corrected chi connectivity index (χ0v) is 12.1. The number of benzene rings is 2. The van der Waals surface area contributed by atoms with Crippen molar-refractivity contribution in [1.29, 1.82) is 0 Å². The van der Waals surface area contributed by atoms with Gasteiger partial charge in [0.2, 0.25) is 0 Å². The average Bonchev–Trinajstić information content (AvgIpc) is 2.47. The van der Waals surface area contributed by atoms with Gasteiger partial charge >= 0.3 is 0 Å². The van der Waals surface area contributed by atoms with Crippen molar-refractivity contribution in [3.63, 3.8) is 0 Å². The molecule has 0 heterocycles. The topological polar surface area (TPSA) is 12.0 Å². The monoisotopic (exact) mass is 253 g/mol. The lowest BCUT2D eigenvalue weighted by Gasteiger charge is -2.23. The van der Waals surface area contributed by atoms with Gasteiger partial charge in [0.05, 0.1) is 0 Å². The first-order chi connectivity index (χ1) is 9.22. The van der Waals surface area contributed by atoms with Crippen molar-refractivity contribution in [3.8, 4) is 11.1 Å². The summed E-state index contributed by atoms with van der Waals surface area (Å²) in [6.07, 6.45) is 1.20. The minimum Gasteiger partial charge on any atom is -0.382 e. The van der Waals surface area contributed by atoms with Gasteiger partial charge in [0, 0.05) is 17.3 Å². The van der Waals surface area contributed by atoms with Crippen molar-refractivity contribution in [3.05, 3.63) is 54.6 Å². The maximum absolute atomic E-state index is 3.66. The van der Waals surface area contributed by atoms with E-state index in [2.05, 4.69) is 80.7 Å². The van der Waals surface area contributed by atoms with E-state index in [1.807, 2.05) is 0 Å². The molecule has 0 aliphatic heterocycles. The summed E-state index contributed by atoms with van der Waals surface area (Å²) >= 11 is 0. The molecule has 0 radical (unpaired) electrons. The normalized spacial score (nSPS) is 13.8. The number of rotatable bonds is 5. The van der Waals surface area contributed by atoms with Gasteiger partial charge in [-0.05, 0) is 24.5 Å². The molecule has 19 heavy (non-hydrogen) atoms. The SMILES string of the molecule is CCC(C)C(C)Nc1ccccc1-c1ccccc1. The Morgan fingerprint density at radius 3 is 2.21 bits per heavy atom. The zero-order valence-electron chi connectivity index (χ0n) is 12.1. The lowest BCUT2D eigenvalue weighted by Crippen LogP contribution is -2.23. The van der Waals surface area contributed by atoms with E-state index in [4.69, 9.17) is 0 Å². The molecule has 0 fully saturated rings. The van der Waals surface area contributed by atoms with Crippen LogP contribution in [0.5, 0.6) is 0 Å². The average molecular weight is 253 g/mol. The van der Waals surface area contributed by atoms with Crippen molar-refractivity contribution in [2.45, 2.75) is 33.2 Å². The Labute approximate surface area is 116 Å². The van der Waals surface area contributed by atoms with Crippen LogP contribution in [-0.2, 0) is 0 Å². The van der Waals surface area contributed by atoms with Crippen LogP contribution in [0, 0.1) is 5.92 Å². The molecule has 0 aliphatic rings. The molecular weight excluding hydrogens is 230 g/mol. The Balaban J connectivity index is 2.27. The van der Waals surface area contributed by atoms with Gasteiger partial charge < -0.3 is 5.32 Å². The Bertz CT molecular complexity index is 504. The third kappa shape index (κ3) is 3.37. The van der Waals surface area contributed by atoms with Crippen molar-refractivity contribution in [2.24, 2.45) is 5.92 Å². The quantitative estimate of drug-likeness (QED) is 0.772. The van der Waals surface area contributed by atoms with E-state index in [1.165, 1.54) is 23.2 Å². The first-order valence-corrected chi connectivity index (χ1v) is 7.13. The van der Waals surface area contributed by atoms with E-state index in [-0.39, 0.29) is 0 Å². The molecule has 2 aromatic rings. The number of hydrogen-bond donors (Lipinski definition) is 1. The largest absolute Gasteiger partial charge is 0.382 e. The highest BCUT2D eigenvalue weighted by Crippen LogP contribution is 2.28. The zero-order chi connectivity index (χ0) is 13.7. The second-order valence-corrected chi connectivity index (χ2v) is 5.23. The molecule has 2 rings (SSSR count). The van der Waals surface area contributed by atoms with Gasteiger partial charge in [0.15, 0.2) is 0 Å². The van der Waals surface area contributed by atoms with Crippen LogP contribution < -0.4 is 5.32 Å². The van der Waals surface area contributed by atoms with Gasteiger partial charge in [-0.15, -0.1) is 0 Å². The molecule has 0 aromatic heterocycles. The van der Waals surface area contributed by atoms with E-state index in [1.54, 1.807) is 0 Å². The van der Waals surface area contributed by atoms with E-state index in [0.29, 0.717) is 12.0 Å². The van der Waals surface area contributed by atoms with Crippen LogP contribution in [0.25, 0.3) is 11.1 Å². The fourth-order valence-electron chi connectivity index (χ4n) is 2.22. The van der Waals surface area contributed by atoms with E-state index in [0.717, 1.165) is 0 Å². The number of hydrogen-bond acceptors (Lipinski definition) is 1. The van der Waals surface area contributed by atoms with Crippen molar-refractivity contribution in [1.82, 2.24) is 0 Å². The highest BCUT2D eigenvalue weighted by molar-refractivity contribution is 5.77. The summed E-state index contributed by atoms with van der Waals surface area (Å²) in [5, 5.41) is 3.66. The van der Waals surface area contributed by atoms with Crippen molar-refractivity contribution < 1.29 is 0 Å². The number of para-hydroxylation sites is 1. The lowest BCUT2D eigenvalue weighted by molar-refractivity contribution is 0.495. The molecule has 2 unspecified atom stereocenters. The molecular formula is C18H23N. The second kappa shape index (κ2) is 6.42. The predicted octanol–water partition coefficient (Wildman–Crippen LogP) is 5.20. The van der Waals surface area contributed by atoms with Gasteiger partial charge in [0.25, 0.3) is 0 Å². The fourth-order valence-corrected chi connectivity index (χ4v) is 2.22. The number of nitrogens with one attached hydrogen (secondary N) is 1. The molecule has 1 heteroatoms. The maximum Gasteiger partial charge on any atom is 0.0422 e. The predicted molar refractivity (Wildman–Crippen MR) is 84.4 cm³/mol. The van der Waals surface area contributed by atoms with Crippen LogP contribution in [0.2, 0.25) is 0 Å². The van der Waals surface area contributed by atoms with Crippen molar-refractivity contribution >= 4 is 5.69 Å². The summed E-state index contributed by atoms with van der Waals surface area (Å²) in [7, 11) is 0. The minimum absolute atomic E-state index is 0.481. The summed E-state index contributed by atoms with van der Waals surface area (Å²) < 4.78 is 0. The molecule has 0 amide bonds. The highest BCUT2D eigenvalue weighted by Gasteiger charge is 2.12. The maximum atomic E-state index is 3.66. The fraction of sp³-hybridized carbons (Fsp3) is 0.333. The van der Waals surface area contributed by atoms with E-state index in [9.17, 15) is 0 Å². The van der Waals surface area contributed by atoms with Gasteiger partial charge in [-0.25, -0.2) is 0 Å². The Hall–Kier alpha value is -1.76. The van der Waals surface area contributed by atoms with Crippen LogP contribution in [0.4, 0.5) is 5.69 Å². The molecule has 0 saturated heterocycles. The third-order valence-electron chi connectivity index (χ3n) is 3.89. The van der Waals surface area contributed by atoms with Gasteiger partial charge in [-0.2, -0.15) is 0 Å². The van der Waals surface area contributed by atoms with Gasteiger partial charge in [-0.3, -0.25) is 0 Å². The smallest absolute Gasteiger partial charge is 0.0422 e. The Morgan fingerprint density at radius 1 is 0.895 bits per heavy atom. The first-order valence-electron chi connectivity index (χ1n) is 7.13. The minimum atomic E-state index is 0.481. The van der Waals surface area contributed by atoms with Crippen molar-refractivity contribution in [2.75, 3.05) is 5.32 Å². The Morgan fingerprint density at radius 2 is 1.53 bits per heavy atom. The molecule has 0 spiro atoms. The molecule has 1 N–H and O–H groups in total. The summed E-state index contributed by atoms with van der Waals surface area (Å²) in [5.41, 5.74) is 3.77. The Kier molecular flexibility index (Phi) is 4.62. The summed E-state index contributed by atoms with van der Waals surface area (Å²) in [4.78, 5) is 0. The van der Waals surface area contributed by atoms with Crippen LogP contribution in [0.3, 0.4) is 0 Å². The second-order valence-electron chi connectivity index (χ2n) is 5.23. The molecule has 0 aliphatic carbocycles.